The number of ketones is 1. The molecule has 1 atom stereocenters. The Kier molecular flexibility index (Phi) is 4.90. The molecule has 1 amide bonds. The molecule has 140 valence electrons. The first-order chi connectivity index (χ1) is 13.1. The van der Waals surface area contributed by atoms with Gasteiger partial charge in [0.1, 0.15) is 5.75 Å². The van der Waals surface area contributed by atoms with Crippen LogP contribution in [-0.4, -0.2) is 66.3 Å². The van der Waals surface area contributed by atoms with Gasteiger partial charge in [-0.3, -0.25) is 14.6 Å². The first-order valence-corrected chi connectivity index (χ1v) is 9.30. The van der Waals surface area contributed by atoms with Crippen molar-refractivity contribution in [3.63, 3.8) is 0 Å². The summed E-state index contributed by atoms with van der Waals surface area (Å²) < 4.78 is 5.78. The number of rotatable bonds is 3. The van der Waals surface area contributed by atoms with Gasteiger partial charge in [0.2, 0.25) is 5.91 Å². The zero-order valence-corrected chi connectivity index (χ0v) is 15.4. The van der Waals surface area contributed by atoms with Gasteiger partial charge in [0.05, 0.1) is 23.8 Å². The maximum Gasteiger partial charge on any atom is 0.223 e. The summed E-state index contributed by atoms with van der Waals surface area (Å²) in [6, 6.07) is 11.2. The molecular formula is C21H23N3O3. The van der Waals surface area contributed by atoms with Gasteiger partial charge in [-0.25, -0.2) is 0 Å². The van der Waals surface area contributed by atoms with Crippen molar-refractivity contribution in [1.29, 1.82) is 0 Å². The van der Waals surface area contributed by atoms with Crippen LogP contribution in [-0.2, 0) is 4.79 Å². The zero-order valence-electron chi connectivity index (χ0n) is 15.4. The number of benzene rings is 1. The first kappa shape index (κ1) is 17.7. The number of carbonyl (C=O) groups is 2. The van der Waals surface area contributed by atoms with Gasteiger partial charge < -0.3 is 14.5 Å². The average molecular weight is 365 g/mol. The Morgan fingerprint density at radius 3 is 2.74 bits per heavy atom. The molecule has 1 unspecified atom stereocenters. The number of likely N-dealkylation sites (N-methyl/N-ethyl adjacent to an activating group) is 1. The summed E-state index contributed by atoms with van der Waals surface area (Å²) in [6.07, 6.45) is 1.93. The number of nitrogens with zero attached hydrogens (tertiary/aromatic N) is 3. The minimum absolute atomic E-state index is 0.0171. The first-order valence-electron chi connectivity index (χ1n) is 9.30. The fraction of sp³-hybridized carbons (Fsp3) is 0.381. The summed E-state index contributed by atoms with van der Waals surface area (Å²) in [4.78, 5) is 34.0. The van der Waals surface area contributed by atoms with E-state index in [4.69, 9.17) is 4.74 Å². The minimum Gasteiger partial charge on any atom is -0.492 e. The Balaban J connectivity index is 1.49. The molecule has 1 saturated heterocycles. The molecular weight excluding hydrogens is 342 g/mol. The SMILES string of the molecule is CN1CCN(C(=O)CC2COc3ccc(-c4ccccn4)cc3C2=O)CC1. The van der Waals surface area contributed by atoms with Gasteiger partial charge in [-0.05, 0) is 37.4 Å². The number of hydrogen-bond acceptors (Lipinski definition) is 5. The number of piperazine rings is 1. The molecule has 1 aromatic heterocycles. The highest BCUT2D eigenvalue weighted by molar-refractivity contribution is 6.03. The highest BCUT2D eigenvalue weighted by atomic mass is 16.5. The second-order valence-electron chi connectivity index (χ2n) is 7.19. The van der Waals surface area contributed by atoms with E-state index in [2.05, 4.69) is 16.9 Å². The molecule has 3 heterocycles. The Labute approximate surface area is 158 Å². The Bertz CT molecular complexity index is 845. The van der Waals surface area contributed by atoms with E-state index in [1.807, 2.05) is 41.3 Å². The molecule has 0 radical (unpaired) electrons. The van der Waals surface area contributed by atoms with E-state index >= 15 is 0 Å². The lowest BCUT2D eigenvalue weighted by atomic mass is 9.90. The fourth-order valence-electron chi connectivity index (χ4n) is 3.57. The van der Waals surface area contributed by atoms with Crippen LogP contribution in [0.5, 0.6) is 5.75 Å². The topological polar surface area (TPSA) is 62.7 Å². The number of aromatic nitrogens is 1. The van der Waals surface area contributed by atoms with Crippen LogP contribution in [0.3, 0.4) is 0 Å². The molecule has 0 bridgehead atoms. The minimum atomic E-state index is -0.427. The second kappa shape index (κ2) is 7.48. The molecule has 1 aromatic carbocycles. The predicted molar refractivity (Wildman–Crippen MR) is 102 cm³/mol. The van der Waals surface area contributed by atoms with Crippen LogP contribution >= 0.6 is 0 Å². The maximum absolute atomic E-state index is 13.0. The zero-order chi connectivity index (χ0) is 18.8. The Hall–Kier alpha value is -2.73. The number of Topliss-reactive ketones (excluding diaryl/α,β-unsaturated/α-hetero) is 1. The molecule has 0 aliphatic carbocycles. The molecule has 27 heavy (non-hydrogen) atoms. The molecule has 4 rings (SSSR count). The van der Waals surface area contributed by atoms with Gasteiger partial charge in [-0.1, -0.05) is 6.07 Å². The van der Waals surface area contributed by atoms with Crippen molar-refractivity contribution < 1.29 is 14.3 Å². The summed E-state index contributed by atoms with van der Waals surface area (Å²) in [6.45, 7) is 3.44. The van der Waals surface area contributed by atoms with Crippen LogP contribution in [0.4, 0.5) is 0 Å². The third-order valence-corrected chi connectivity index (χ3v) is 5.29. The van der Waals surface area contributed by atoms with E-state index in [0.717, 1.165) is 37.4 Å². The Morgan fingerprint density at radius 1 is 1.19 bits per heavy atom. The van der Waals surface area contributed by atoms with Crippen molar-refractivity contribution in [1.82, 2.24) is 14.8 Å². The normalized spacial score (nSPS) is 20.1. The summed E-state index contributed by atoms with van der Waals surface area (Å²) in [5.41, 5.74) is 2.22. The van der Waals surface area contributed by atoms with Crippen molar-refractivity contribution in [3.05, 3.63) is 48.2 Å². The van der Waals surface area contributed by atoms with Gasteiger partial charge in [-0.2, -0.15) is 0 Å². The standard InChI is InChI=1S/C21H23N3O3/c1-23-8-10-24(11-9-23)20(25)13-16-14-27-19-6-5-15(12-17(19)21(16)26)18-4-2-3-7-22-18/h2-7,12,16H,8-11,13-14H2,1H3. The van der Waals surface area contributed by atoms with Crippen molar-refractivity contribution >= 4 is 11.7 Å². The maximum atomic E-state index is 13.0. The lowest BCUT2D eigenvalue weighted by Gasteiger charge is -2.33. The van der Waals surface area contributed by atoms with Gasteiger partial charge in [-0.15, -0.1) is 0 Å². The third-order valence-electron chi connectivity index (χ3n) is 5.29. The van der Waals surface area contributed by atoms with Crippen LogP contribution in [0.25, 0.3) is 11.3 Å². The molecule has 0 saturated carbocycles. The number of pyridine rings is 1. The predicted octanol–water partition coefficient (Wildman–Crippen LogP) is 2.10. The molecule has 1 fully saturated rings. The van der Waals surface area contributed by atoms with Crippen LogP contribution in [0.15, 0.2) is 42.6 Å². The van der Waals surface area contributed by atoms with Gasteiger partial charge >= 0.3 is 0 Å². The van der Waals surface area contributed by atoms with E-state index in [0.29, 0.717) is 11.3 Å². The van der Waals surface area contributed by atoms with Crippen molar-refractivity contribution in [3.8, 4) is 17.0 Å². The largest absolute Gasteiger partial charge is 0.492 e. The molecule has 6 nitrogen and oxygen atoms in total. The Morgan fingerprint density at radius 2 is 2.00 bits per heavy atom. The van der Waals surface area contributed by atoms with Crippen molar-refractivity contribution in [2.45, 2.75) is 6.42 Å². The smallest absolute Gasteiger partial charge is 0.223 e. The molecule has 0 N–H and O–H groups in total. The van der Waals surface area contributed by atoms with Gasteiger partial charge in [0.25, 0.3) is 0 Å². The van der Waals surface area contributed by atoms with Crippen molar-refractivity contribution in [2.24, 2.45) is 5.92 Å². The number of carbonyl (C=O) groups excluding carboxylic acids is 2. The second-order valence-corrected chi connectivity index (χ2v) is 7.19. The summed E-state index contributed by atoms with van der Waals surface area (Å²) in [7, 11) is 2.05. The highest BCUT2D eigenvalue weighted by Crippen LogP contribution is 2.32. The fourth-order valence-corrected chi connectivity index (χ4v) is 3.57. The molecule has 6 heteroatoms. The average Bonchev–Trinajstić information content (AvgIpc) is 2.71. The number of amides is 1. The lowest BCUT2D eigenvalue weighted by Crippen LogP contribution is -2.48. The van der Waals surface area contributed by atoms with E-state index in [1.165, 1.54) is 0 Å². The van der Waals surface area contributed by atoms with Crippen LogP contribution in [0.2, 0.25) is 0 Å². The number of fused-ring (bicyclic) bond motifs is 1. The molecule has 2 aliphatic rings. The van der Waals surface area contributed by atoms with Crippen LogP contribution in [0.1, 0.15) is 16.8 Å². The van der Waals surface area contributed by atoms with E-state index < -0.39 is 5.92 Å². The van der Waals surface area contributed by atoms with E-state index in [1.54, 1.807) is 6.20 Å². The number of ether oxygens (including phenoxy) is 1. The third kappa shape index (κ3) is 3.71. The lowest BCUT2D eigenvalue weighted by molar-refractivity contribution is -0.133. The van der Waals surface area contributed by atoms with Gasteiger partial charge in [0.15, 0.2) is 5.78 Å². The van der Waals surface area contributed by atoms with Crippen LogP contribution < -0.4 is 4.74 Å². The summed E-state index contributed by atoms with van der Waals surface area (Å²) >= 11 is 0. The quantitative estimate of drug-likeness (QED) is 0.834. The molecule has 0 spiro atoms. The van der Waals surface area contributed by atoms with Crippen molar-refractivity contribution in [2.75, 3.05) is 39.8 Å². The summed E-state index contributed by atoms with van der Waals surface area (Å²) in [5, 5.41) is 0. The van der Waals surface area contributed by atoms with Gasteiger partial charge in [0, 0.05) is 44.4 Å². The van der Waals surface area contributed by atoms with Crippen LogP contribution in [0, 0.1) is 5.92 Å². The van der Waals surface area contributed by atoms with E-state index in [-0.39, 0.29) is 24.7 Å². The summed E-state index contributed by atoms with van der Waals surface area (Å²) in [5.74, 6) is 0.178. The van der Waals surface area contributed by atoms with E-state index in [9.17, 15) is 9.59 Å². The number of hydrogen-bond donors (Lipinski definition) is 0. The highest BCUT2D eigenvalue weighted by Gasteiger charge is 2.32. The molecule has 2 aliphatic heterocycles. The monoisotopic (exact) mass is 365 g/mol. The molecule has 2 aromatic rings.